The number of anilines is 1. The quantitative estimate of drug-likeness (QED) is 0.853. The van der Waals surface area contributed by atoms with Crippen molar-refractivity contribution in [2.75, 3.05) is 24.6 Å². The largest absolute Gasteiger partial charge is 0.395 e. The minimum absolute atomic E-state index is 0.0210. The SMILES string of the molecule is C[C@@H]1C[C@@H](NC(=O)C2(CO)CC2)CN(c2ccc(C#N)c3nccnc23)C1. The number of aliphatic hydroxyl groups is 1. The number of nitriles is 1. The molecule has 2 N–H and O–H groups in total. The number of benzene rings is 1. The van der Waals surface area contributed by atoms with Crippen LogP contribution in [0.4, 0.5) is 5.69 Å². The minimum atomic E-state index is -0.557. The molecule has 7 heteroatoms. The molecular formula is C20H23N5O2. The Morgan fingerprint density at radius 3 is 2.74 bits per heavy atom. The van der Waals surface area contributed by atoms with Crippen molar-refractivity contribution >= 4 is 22.6 Å². The molecule has 0 unspecified atom stereocenters. The van der Waals surface area contributed by atoms with Gasteiger partial charge in [0, 0.05) is 31.5 Å². The Hall–Kier alpha value is -2.72. The maximum atomic E-state index is 12.5. The highest BCUT2D eigenvalue weighted by Crippen LogP contribution is 2.45. The van der Waals surface area contributed by atoms with Gasteiger partial charge in [-0.05, 0) is 37.3 Å². The molecule has 4 rings (SSSR count). The van der Waals surface area contributed by atoms with Crippen LogP contribution in [0.5, 0.6) is 0 Å². The number of piperidine rings is 1. The Morgan fingerprint density at radius 1 is 1.33 bits per heavy atom. The third-order valence-electron chi connectivity index (χ3n) is 5.70. The molecule has 1 saturated heterocycles. The van der Waals surface area contributed by atoms with Crippen LogP contribution in [0.2, 0.25) is 0 Å². The number of fused-ring (bicyclic) bond motifs is 1. The first-order valence-electron chi connectivity index (χ1n) is 9.37. The molecule has 1 saturated carbocycles. The fourth-order valence-electron chi connectivity index (χ4n) is 3.99. The molecule has 27 heavy (non-hydrogen) atoms. The number of aliphatic hydroxyl groups excluding tert-OH is 1. The average Bonchev–Trinajstić information content (AvgIpc) is 3.48. The van der Waals surface area contributed by atoms with Gasteiger partial charge >= 0.3 is 0 Å². The lowest BCUT2D eigenvalue weighted by molar-refractivity contribution is -0.128. The summed E-state index contributed by atoms with van der Waals surface area (Å²) in [6.45, 7) is 3.62. The number of rotatable bonds is 4. The Bertz CT molecular complexity index is 918. The summed E-state index contributed by atoms with van der Waals surface area (Å²) in [6, 6.07) is 5.89. The van der Waals surface area contributed by atoms with Crippen LogP contribution in [0.3, 0.4) is 0 Å². The lowest BCUT2D eigenvalue weighted by atomic mass is 9.94. The van der Waals surface area contributed by atoms with Gasteiger partial charge in [0.1, 0.15) is 17.1 Å². The lowest BCUT2D eigenvalue weighted by Gasteiger charge is -2.39. The average molecular weight is 365 g/mol. The van der Waals surface area contributed by atoms with Crippen LogP contribution in [0.25, 0.3) is 11.0 Å². The van der Waals surface area contributed by atoms with Gasteiger partial charge in [0.25, 0.3) is 0 Å². The molecule has 140 valence electrons. The number of nitrogens with zero attached hydrogens (tertiary/aromatic N) is 4. The van der Waals surface area contributed by atoms with Crippen molar-refractivity contribution in [1.82, 2.24) is 15.3 Å². The monoisotopic (exact) mass is 365 g/mol. The van der Waals surface area contributed by atoms with Gasteiger partial charge in [-0.1, -0.05) is 6.92 Å². The molecule has 2 heterocycles. The summed E-state index contributed by atoms with van der Waals surface area (Å²) < 4.78 is 0. The maximum Gasteiger partial charge on any atom is 0.228 e. The number of nitrogens with one attached hydrogen (secondary N) is 1. The highest BCUT2D eigenvalue weighted by atomic mass is 16.3. The number of carbonyl (C=O) groups excluding carboxylic acids is 1. The van der Waals surface area contributed by atoms with Gasteiger partial charge in [0.2, 0.25) is 5.91 Å². The molecule has 1 amide bonds. The zero-order chi connectivity index (χ0) is 19.0. The van der Waals surface area contributed by atoms with Crippen LogP contribution >= 0.6 is 0 Å². The number of amides is 1. The predicted molar refractivity (Wildman–Crippen MR) is 101 cm³/mol. The van der Waals surface area contributed by atoms with E-state index in [0.29, 0.717) is 29.1 Å². The van der Waals surface area contributed by atoms with E-state index in [4.69, 9.17) is 0 Å². The first-order chi connectivity index (χ1) is 13.1. The highest BCUT2D eigenvalue weighted by Gasteiger charge is 2.50. The van der Waals surface area contributed by atoms with Crippen LogP contribution in [0.15, 0.2) is 24.5 Å². The zero-order valence-corrected chi connectivity index (χ0v) is 15.4. The standard InChI is InChI=1S/C20H23N5O2/c1-13-8-15(24-19(27)20(12-26)4-5-20)11-25(10-13)16-3-2-14(9-21)17-18(16)23-7-6-22-17/h2-3,6-7,13,15,26H,4-5,8,10-12H2,1H3,(H,24,27)/t13-,15-/m1/s1. The third kappa shape index (κ3) is 3.21. The predicted octanol–water partition coefficient (Wildman–Crippen LogP) is 1.60. The van der Waals surface area contributed by atoms with Crippen molar-refractivity contribution < 1.29 is 9.90 Å². The molecule has 1 aliphatic heterocycles. The topological polar surface area (TPSA) is 102 Å². The van der Waals surface area contributed by atoms with E-state index in [1.807, 2.05) is 6.07 Å². The van der Waals surface area contributed by atoms with Crippen molar-refractivity contribution in [2.45, 2.75) is 32.2 Å². The maximum absolute atomic E-state index is 12.5. The number of carbonyl (C=O) groups is 1. The van der Waals surface area contributed by atoms with Crippen LogP contribution in [0, 0.1) is 22.7 Å². The molecule has 7 nitrogen and oxygen atoms in total. The first kappa shape index (κ1) is 17.7. The fourth-order valence-corrected chi connectivity index (χ4v) is 3.99. The molecule has 2 fully saturated rings. The summed E-state index contributed by atoms with van der Waals surface area (Å²) in [5.41, 5.74) is 2.21. The highest BCUT2D eigenvalue weighted by molar-refractivity contribution is 5.92. The van der Waals surface area contributed by atoms with Gasteiger partial charge in [0.15, 0.2) is 0 Å². The summed E-state index contributed by atoms with van der Waals surface area (Å²) in [7, 11) is 0. The van der Waals surface area contributed by atoms with Crippen molar-refractivity contribution in [3.8, 4) is 6.07 Å². The number of aromatic nitrogens is 2. The second kappa shape index (κ2) is 6.78. The second-order valence-electron chi connectivity index (χ2n) is 7.85. The van der Waals surface area contributed by atoms with E-state index >= 15 is 0 Å². The fraction of sp³-hybridized carbons (Fsp3) is 0.500. The van der Waals surface area contributed by atoms with Gasteiger partial charge in [-0.3, -0.25) is 14.8 Å². The molecule has 2 atom stereocenters. The molecule has 2 aromatic rings. The van der Waals surface area contributed by atoms with E-state index in [9.17, 15) is 15.2 Å². The van der Waals surface area contributed by atoms with E-state index in [1.165, 1.54) is 0 Å². The van der Waals surface area contributed by atoms with Crippen LogP contribution < -0.4 is 10.2 Å². The Balaban J connectivity index is 1.60. The molecule has 1 aromatic carbocycles. The van der Waals surface area contributed by atoms with Crippen LogP contribution in [-0.4, -0.2) is 46.7 Å². The van der Waals surface area contributed by atoms with Crippen LogP contribution in [0.1, 0.15) is 31.7 Å². The smallest absolute Gasteiger partial charge is 0.228 e. The summed E-state index contributed by atoms with van der Waals surface area (Å²) >= 11 is 0. The molecule has 0 radical (unpaired) electrons. The summed E-state index contributed by atoms with van der Waals surface area (Å²) in [6.07, 6.45) is 5.66. The van der Waals surface area contributed by atoms with Crippen molar-refractivity contribution in [3.63, 3.8) is 0 Å². The second-order valence-corrected chi connectivity index (χ2v) is 7.85. The van der Waals surface area contributed by atoms with Gasteiger partial charge in [0.05, 0.1) is 23.3 Å². The van der Waals surface area contributed by atoms with Gasteiger partial charge in [-0.25, -0.2) is 0 Å². The Labute approximate surface area is 158 Å². The molecule has 2 aliphatic rings. The van der Waals surface area contributed by atoms with Gasteiger partial charge in [-0.15, -0.1) is 0 Å². The minimum Gasteiger partial charge on any atom is -0.395 e. The van der Waals surface area contributed by atoms with E-state index in [2.05, 4.69) is 33.2 Å². The van der Waals surface area contributed by atoms with Gasteiger partial charge < -0.3 is 15.3 Å². The Morgan fingerprint density at radius 2 is 2.07 bits per heavy atom. The van der Waals surface area contributed by atoms with Crippen molar-refractivity contribution in [2.24, 2.45) is 11.3 Å². The Kier molecular flexibility index (Phi) is 4.44. The van der Waals surface area contributed by atoms with E-state index < -0.39 is 5.41 Å². The van der Waals surface area contributed by atoms with Gasteiger partial charge in [-0.2, -0.15) is 5.26 Å². The third-order valence-corrected chi connectivity index (χ3v) is 5.70. The normalized spacial score (nSPS) is 23.7. The lowest BCUT2D eigenvalue weighted by Crippen LogP contribution is -2.52. The molecule has 0 spiro atoms. The first-order valence-corrected chi connectivity index (χ1v) is 9.37. The molecule has 0 bridgehead atoms. The number of hydrogen-bond acceptors (Lipinski definition) is 6. The zero-order valence-electron chi connectivity index (χ0n) is 15.4. The number of hydrogen-bond donors (Lipinski definition) is 2. The van der Waals surface area contributed by atoms with E-state index in [-0.39, 0.29) is 18.6 Å². The summed E-state index contributed by atoms with van der Waals surface area (Å²) in [5.74, 6) is 0.365. The van der Waals surface area contributed by atoms with Crippen molar-refractivity contribution in [1.29, 1.82) is 5.26 Å². The van der Waals surface area contributed by atoms with E-state index in [0.717, 1.165) is 31.5 Å². The molecule has 1 aliphatic carbocycles. The molecule has 1 aromatic heterocycles. The van der Waals surface area contributed by atoms with E-state index in [1.54, 1.807) is 18.5 Å². The summed E-state index contributed by atoms with van der Waals surface area (Å²) in [5, 5.41) is 22.0. The van der Waals surface area contributed by atoms with Crippen LogP contribution in [-0.2, 0) is 4.79 Å². The van der Waals surface area contributed by atoms with Crippen molar-refractivity contribution in [3.05, 3.63) is 30.1 Å². The summed E-state index contributed by atoms with van der Waals surface area (Å²) in [4.78, 5) is 23.5. The molecular weight excluding hydrogens is 342 g/mol.